The van der Waals surface area contributed by atoms with E-state index in [1.165, 1.54) is 19.1 Å². The van der Waals surface area contributed by atoms with Gasteiger partial charge < -0.3 is 15.9 Å². The van der Waals surface area contributed by atoms with Gasteiger partial charge in [-0.3, -0.25) is 0 Å². The Morgan fingerprint density at radius 1 is 1.42 bits per heavy atom. The molecule has 0 aromatic heterocycles. The Labute approximate surface area is 124 Å². The number of hydrogen-bond donors (Lipinski definition) is 4. The van der Waals surface area contributed by atoms with Crippen molar-refractivity contribution in [2.24, 2.45) is 0 Å². The number of rotatable bonds is 5. The predicted octanol–water partition coefficient (Wildman–Crippen LogP) is 0.706. The maximum absolute atomic E-state index is 12.2. The summed E-state index contributed by atoms with van der Waals surface area (Å²) in [5.74, 6) is 0. The molecule has 0 amide bonds. The quantitative estimate of drug-likeness (QED) is 0.568. The van der Waals surface area contributed by atoms with E-state index >= 15 is 0 Å². The second kappa shape index (κ2) is 5.94. The summed E-state index contributed by atoms with van der Waals surface area (Å²) in [4.78, 5) is -0.161. The van der Waals surface area contributed by atoms with E-state index in [1.54, 1.807) is 0 Å². The van der Waals surface area contributed by atoms with Crippen LogP contribution in [0.3, 0.4) is 0 Å². The Kier molecular flexibility index (Phi) is 5.21. The van der Waals surface area contributed by atoms with Gasteiger partial charge in [0.1, 0.15) is 0 Å². The van der Waals surface area contributed by atoms with Crippen LogP contribution in [-0.4, -0.2) is 37.4 Å². The molecule has 9 heteroatoms. The third kappa shape index (κ3) is 3.80. The Morgan fingerprint density at radius 2 is 1.95 bits per heavy atom. The Hall–Kier alpha value is -0.380. The Balaban J connectivity index is 3.29. The van der Waals surface area contributed by atoms with Crippen LogP contribution < -0.4 is 10.5 Å². The van der Waals surface area contributed by atoms with Gasteiger partial charge in [0.15, 0.2) is 0 Å². The maximum atomic E-state index is 12.2. The first-order valence-electron chi connectivity index (χ1n) is 5.15. The highest BCUT2D eigenvalue weighted by Gasteiger charge is 2.31. The molecule has 0 spiro atoms. The monoisotopic (exact) mass is 372 g/mol. The number of aliphatic hydroxyl groups excluding tert-OH is 2. The lowest BCUT2D eigenvalue weighted by atomic mass is 10.1. The highest BCUT2D eigenvalue weighted by Crippen LogP contribution is 2.31. The summed E-state index contributed by atoms with van der Waals surface area (Å²) in [5.41, 5.74) is 4.41. The number of sulfonamides is 1. The first-order valence-corrected chi connectivity index (χ1v) is 7.81. The highest BCUT2D eigenvalue weighted by molar-refractivity contribution is 9.10. The van der Waals surface area contributed by atoms with Crippen LogP contribution >= 0.6 is 27.5 Å². The van der Waals surface area contributed by atoms with Gasteiger partial charge in [-0.1, -0.05) is 11.6 Å². The van der Waals surface area contributed by atoms with Gasteiger partial charge in [0.25, 0.3) is 0 Å². The van der Waals surface area contributed by atoms with E-state index in [-0.39, 0.29) is 20.1 Å². The smallest absolute Gasteiger partial charge is 0.242 e. The van der Waals surface area contributed by atoms with Gasteiger partial charge in [0.05, 0.1) is 28.1 Å². The molecule has 0 heterocycles. The van der Waals surface area contributed by atoms with Crippen molar-refractivity contribution in [1.82, 2.24) is 4.72 Å². The van der Waals surface area contributed by atoms with Crippen LogP contribution in [0.2, 0.25) is 5.02 Å². The van der Waals surface area contributed by atoms with Gasteiger partial charge in [0, 0.05) is 10.7 Å². The molecule has 19 heavy (non-hydrogen) atoms. The van der Waals surface area contributed by atoms with Crippen molar-refractivity contribution in [2.45, 2.75) is 17.4 Å². The second-order valence-electron chi connectivity index (χ2n) is 4.29. The lowest BCUT2D eigenvalue weighted by Crippen LogP contribution is -2.51. The second-order valence-corrected chi connectivity index (χ2v) is 7.17. The molecule has 1 aromatic rings. The van der Waals surface area contributed by atoms with Gasteiger partial charge in [-0.15, -0.1) is 0 Å². The molecule has 0 atom stereocenters. The van der Waals surface area contributed by atoms with Gasteiger partial charge >= 0.3 is 0 Å². The molecule has 108 valence electrons. The number of nitrogens with one attached hydrogen (secondary N) is 1. The molecule has 0 saturated carbocycles. The van der Waals surface area contributed by atoms with Crippen molar-refractivity contribution in [1.29, 1.82) is 0 Å². The molecule has 0 aliphatic rings. The molecule has 0 saturated heterocycles. The van der Waals surface area contributed by atoms with Crippen molar-refractivity contribution < 1.29 is 18.6 Å². The molecule has 0 aliphatic heterocycles. The van der Waals surface area contributed by atoms with Crippen LogP contribution in [0.5, 0.6) is 0 Å². The van der Waals surface area contributed by atoms with E-state index in [0.717, 1.165) is 0 Å². The molecule has 0 radical (unpaired) electrons. The Bertz CT molecular complexity index is 575. The van der Waals surface area contributed by atoms with Crippen molar-refractivity contribution >= 4 is 43.2 Å². The van der Waals surface area contributed by atoms with Crippen LogP contribution in [0.25, 0.3) is 0 Å². The van der Waals surface area contributed by atoms with Crippen LogP contribution in [0, 0.1) is 0 Å². The molecule has 5 N–H and O–H groups in total. The molecule has 1 aromatic carbocycles. The van der Waals surface area contributed by atoms with Crippen LogP contribution in [0.15, 0.2) is 21.5 Å². The molecule has 0 unspecified atom stereocenters. The predicted molar refractivity (Wildman–Crippen MR) is 76.5 cm³/mol. The maximum Gasteiger partial charge on any atom is 0.242 e. The highest BCUT2D eigenvalue weighted by atomic mass is 79.9. The number of anilines is 1. The fourth-order valence-corrected chi connectivity index (χ4v) is 3.96. The molecular formula is C10H14BrClN2O4S. The van der Waals surface area contributed by atoms with Gasteiger partial charge in [0.2, 0.25) is 10.0 Å². The summed E-state index contributed by atoms with van der Waals surface area (Å²) in [7, 11) is -4.00. The third-order valence-electron chi connectivity index (χ3n) is 2.40. The molecule has 6 nitrogen and oxygen atoms in total. The first-order chi connectivity index (χ1) is 8.65. The average molecular weight is 374 g/mol. The summed E-state index contributed by atoms with van der Waals surface area (Å²) in [6.45, 7) is 0.249. The normalized spacial score (nSPS) is 12.7. The first kappa shape index (κ1) is 16.7. The van der Waals surface area contributed by atoms with Gasteiger partial charge in [-0.25, -0.2) is 13.1 Å². The largest absolute Gasteiger partial charge is 0.398 e. The van der Waals surface area contributed by atoms with Crippen molar-refractivity contribution in [2.75, 3.05) is 18.9 Å². The summed E-state index contributed by atoms with van der Waals surface area (Å²) < 4.78 is 26.8. The van der Waals surface area contributed by atoms with E-state index in [1.807, 2.05) is 0 Å². The summed E-state index contributed by atoms with van der Waals surface area (Å²) in [6, 6.07) is 2.63. The number of halogens is 2. The van der Waals surface area contributed by atoms with Crippen molar-refractivity contribution in [3.63, 3.8) is 0 Å². The fraction of sp³-hybridized carbons (Fsp3) is 0.400. The van der Waals surface area contributed by atoms with E-state index in [4.69, 9.17) is 27.5 Å². The average Bonchev–Trinajstić information content (AvgIpc) is 2.32. The number of benzene rings is 1. The van der Waals surface area contributed by atoms with Gasteiger partial charge in [-0.05, 0) is 35.0 Å². The van der Waals surface area contributed by atoms with E-state index < -0.39 is 28.8 Å². The zero-order chi connectivity index (χ0) is 14.8. The van der Waals surface area contributed by atoms with Crippen molar-refractivity contribution in [3.8, 4) is 0 Å². The van der Waals surface area contributed by atoms with E-state index in [0.29, 0.717) is 0 Å². The van der Waals surface area contributed by atoms with Crippen LogP contribution in [0.4, 0.5) is 5.69 Å². The zero-order valence-electron chi connectivity index (χ0n) is 10.0. The zero-order valence-corrected chi connectivity index (χ0v) is 13.2. The van der Waals surface area contributed by atoms with E-state index in [9.17, 15) is 8.42 Å². The minimum atomic E-state index is -4.00. The molecular weight excluding hydrogens is 360 g/mol. The number of nitrogen functional groups attached to an aromatic ring is 1. The third-order valence-corrected chi connectivity index (χ3v) is 5.43. The Morgan fingerprint density at radius 3 is 2.42 bits per heavy atom. The van der Waals surface area contributed by atoms with E-state index in [2.05, 4.69) is 20.7 Å². The fourth-order valence-electron chi connectivity index (χ4n) is 1.27. The minimum absolute atomic E-state index is 0.161. The number of hydrogen-bond acceptors (Lipinski definition) is 5. The van der Waals surface area contributed by atoms with Crippen LogP contribution in [0.1, 0.15) is 6.92 Å². The number of aliphatic hydroxyl groups is 2. The topological polar surface area (TPSA) is 113 Å². The number of nitrogens with two attached hydrogens (primary N) is 1. The van der Waals surface area contributed by atoms with Gasteiger partial charge in [-0.2, -0.15) is 0 Å². The minimum Gasteiger partial charge on any atom is -0.398 e. The molecule has 1 rings (SSSR count). The summed E-state index contributed by atoms with van der Waals surface area (Å²) >= 11 is 8.85. The molecule has 0 bridgehead atoms. The summed E-state index contributed by atoms with van der Waals surface area (Å²) in [6.07, 6.45) is 0. The van der Waals surface area contributed by atoms with Crippen LogP contribution in [-0.2, 0) is 10.0 Å². The SMILES string of the molecule is CC(CO)(CO)NS(=O)(=O)c1cc(Cl)cc(N)c1Br. The standard InChI is InChI=1S/C10H14BrClN2O4S/c1-10(4-15,5-16)14-19(17,18)8-3-6(12)2-7(13)9(8)11/h2-3,14-16H,4-5,13H2,1H3. The lowest BCUT2D eigenvalue weighted by molar-refractivity contribution is 0.121. The summed E-state index contributed by atoms with van der Waals surface area (Å²) in [5, 5.41) is 18.4. The molecule has 0 aliphatic carbocycles. The lowest BCUT2D eigenvalue weighted by Gasteiger charge is -2.26. The van der Waals surface area contributed by atoms with Crippen molar-refractivity contribution in [3.05, 3.63) is 21.6 Å². The molecule has 0 fully saturated rings.